The molecule has 126 valence electrons. The number of carbonyl (C=O) groups is 1. The Labute approximate surface area is 148 Å². The SMILES string of the molecule is Cc1cccc(NC(=S)NC(=O)c2ccccc2OC(C)C)c1C. The van der Waals surface area contributed by atoms with Crippen LogP contribution in [0, 0.1) is 13.8 Å². The molecule has 0 atom stereocenters. The predicted octanol–water partition coefficient (Wildman–Crippen LogP) is 4.22. The number of ether oxygens (including phenoxy) is 1. The third-order valence-corrected chi connectivity index (χ3v) is 3.78. The van der Waals surface area contributed by atoms with Crippen molar-refractivity contribution in [3.05, 3.63) is 59.2 Å². The van der Waals surface area contributed by atoms with Crippen LogP contribution in [0.5, 0.6) is 5.75 Å². The summed E-state index contributed by atoms with van der Waals surface area (Å²) in [6, 6.07) is 13.0. The van der Waals surface area contributed by atoms with Crippen LogP contribution in [0.1, 0.15) is 35.3 Å². The van der Waals surface area contributed by atoms with E-state index in [1.165, 1.54) is 0 Å². The van der Waals surface area contributed by atoms with Crippen LogP contribution in [0.4, 0.5) is 5.69 Å². The molecule has 2 aromatic rings. The van der Waals surface area contributed by atoms with Crippen LogP contribution in [0.2, 0.25) is 0 Å². The summed E-state index contributed by atoms with van der Waals surface area (Å²) in [5, 5.41) is 6.03. The summed E-state index contributed by atoms with van der Waals surface area (Å²) in [5.41, 5.74) is 3.59. The average Bonchev–Trinajstić information content (AvgIpc) is 2.51. The summed E-state index contributed by atoms with van der Waals surface area (Å²) in [6.45, 7) is 7.87. The van der Waals surface area contributed by atoms with Crippen molar-refractivity contribution >= 4 is 28.9 Å². The highest BCUT2D eigenvalue weighted by atomic mass is 32.1. The van der Waals surface area contributed by atoms with Gasteiger partial charge >= 0.3 is 0 Å². The summed E-state index contributed by atoms with van der Waals surface area (Å²) in [7, 11) is 0. The fraction of sp³-hybridized carbons (Fsp3) is 0.263. The molecule has 0 aromatic heterocycles. The number of amides is 1. The number of aryl methyl sites for hydroxylation is 1. The van der Waals surface area contributed by atoms with Gasteiger partial charge in [0.05, 0.1) is 11.7 Å². The molecule has 2 aromatic carbocycles. The Balaban J connectivity index is 2.10. The van der Waals surface area contributed by atoms with E-state index in [4.69, 9.17) is 17.0 Å². The number of carbonyl (C=O) groups excluding carboxylic acids is 1. The smallest absolute Gasteiger partial charge is 0.261 e. The Morgan fingerprint density at radius 3 is 2.50 bits per heavy atom. The van der Waals surface area contributed by atoms with E-state index in [-0.39, 0.29) is 17.1 Å². The minimum absolute atomic E-state index is 0.0148. The first-order valence-electron chi connectivity index (χ1n) is 7.82. The molecule has 2 N–H and O–H groups in total. The van der Waals surface area contributed by atoms with Crippen molar-refractivity contribution in [1.82, 2.24) is 5.32 Å². The molecule has 0 radical (unpaired) electrons. The van der Waals surface area contributed by atoms with Crippen LogP contribution in [0.25, 0.3) is 0 Å². The van der Waals surface area contributed by atoms with Crippen LogP contribution in [-0.4, -0.2) is 17.1 Å². The van der Waals surface area contributed by atoms with Crippen LogP contribution >= 0.6 is 12.2 Å². The van der Waals surface area contributed by atoms with E-state index in [2.05, 4.69) is 10.6 Å². The zero-order valence-corrected chi connectivity index (χ0v) is 15.2. The van der Waals surface area contributed by atoms with E-state index in [1.807, 2.05) is 52.0 Å². The first-order valence-corrected chi connectivity index (χ1v) is 8.23. The fourth-order valence-electron chi connectivity index (χ4n) is 2.22. The van der Waals surface area contributed by atoms with E-state index < -0.39 is 0 Å². The van der Waals surface area contributed by atoms with E-state index in [9.17, 15) is 4.79 Å². The first-order chi connectivity index (χ1) is 11.4. The van der Waals surface area contributed by atoms with Crippen molar-refractivity contribution in [3.8, 4) is 5.75 Å². The van der Waals surface area contributed by atoms with Crippen molar-refractivity contribution in [2.24, 2.45) is 0 Å². The Hall–Kier alpha value is -2.40. The fourth-order valence-corrected chi connectivity index (χ4v) is 2.42. The van der Waals surface area contributed by atoms with Crippen LogP contribution in [-0.2, 0) is 0 Å². The number of hydrogen-bond donors (Lipinski definition) is 2. The maximum absolute atomic E-state index is 12.5. The predicted molar refractivity (Wildman–Crippen MR) is 102 cm³/mol. The van der Waals surface area contributed by atoms with Crippen LogP contribution in [0.3, 0.4) is 0 Å². The molecule has 0 bridgehead atoms. The zero-order chi connectivity index (χ0) is 17.7. The van der Waals surface area contributed by atoms with Gasteiger partial charge in [0.25, 0.3) is 5.91 Å². The van der Waals surface area contributed by atoms with Crippen molar-refractivity contribution in [1.29, 1.82) is 0 Å². The second kappa shape index (κ2) is 7.93. The highest BCUT2D eigenvalue weighted by Crippen LogP contribution is 2.20. The zero-order valence-electron chi connectivity index (χ0n) is 14.3. The number of rotatable bonds is 4. The van der Waals surface area contributed by atoms with E-state index in [1.54, 1.807) is 18.2 Å². The molecule has 0 aliphatic rings. The molecule has 0 spiro atoms. The van der Waals surface area contributed by atoms with Gasteiger partial charge in [-0.15, -0.1) is 0 Å². The highest BCUT2D eigenvalue weighted by Gasteiger charge is 2.14. The largest absolute Gasteiger partial charge is 0.490 e. The van der Waals surface area contributed by atoms with Gasteiger partial charge in [0.2, 0.25) is 0 Å². The minimum Gasteiger partial charge on any atom is -0.490 e. The Morgan fingerprint density at radius 1 is 1.08 bits per heavy atom. The average molecular weight is 342 g/mol. The third kappa shape index (κ3) is 4.55. The van der Waals surface area contributed by atoms with Crippen LogP contribution < -0.4 is 15.4 Å². The number of benzene rings is 2. The Kier molecular flexibility index (Phi) is 5.93. The topological polar surface area (TPSA) is 50.4 Å². The van der Waals surface area contributed by atoms with Crippen LogP contribution in [0.15, 0.2) is 42.5 Å². The van der Waals surface area contributed by atoms with Gasteiger partial charge in [0.1, 0.15) is 5.75 Å². The lowest BCUT2D eigenvalue weighted by Crippen LogP contribution is -2.34. The lowest BCUT2D eigenvalue weighted by Gasteiger charge is -2.15. The first kappa shape index (κ1) is 17.9. The molecule has 24 heavy (non-hydrogen) atoms. The van der Waals surface area contributed by atoms with E-state index >= 15 is 0 Å². The molecule has 1 amide bonds. The maximum atomic E-state index is 12.5. The standard InChI is InChI=1S/C19H22N2O2S/c1-12(2)23-17-11-6-5-9-15(17)18(22)21-19(24)20-16-10-7-8-13(3)14(16)4/h5-12H,1-4H3,(H2,20,21,22,24). The second-order valence-corrected chi connectivity index (χ2v) is 6.23. The van der Waals surface area contributed by atoms with Gasteiger partial charge in [-0.05, 0) is 69.2 Å². The summed E-state index contributed by atoms with van der Waals surface area (Å²) in [4.78, 5) is 12.5. The number of para-hydroxylation sites is 1. The number of anilines is 1. The Bertz CT molecular complexity index is 757. The van der Waals surface area contributed by atoms with Gasteiger partial charge in [0.15, 0.2) is 5.11 Å². The summed E-state index contributed by atoms with van der Waals surface area (Å²) in [5.74, 6) is 0.244. The lowest BCUT2D eigenvalue weighted by molar-refractivity contribution is 0.0972. The number of nitrogens with one attached hydrogen (secondary N) is 2. The molecule has 0 saturated heterocycles. The van der Waals surface area contributed by atoms with Gasteiger partial charge in [-0.1, -0.05) is 24.3 Å². The minimum atomic E-state index is -0.297. The molecule has 0 unspecified atom stereocenters. The normalized spacial score (nSPS) is 10.4. The van der Waals surface area contributed by atoms with Gasteiger partial charge in [-0.3, -0.25) is 10.1 Å². The molecule has 0 heterocycles. The molecular weight excluding hydrogens is 320 g/mol. The third-order valence-electron chi connectivity index (χ3n) is 3.57. The second-order valence-electron chi connectivity index (χ2n) is 5.82. The summed E-state index contributed by atoms with van der Waals surface area (Å²) in [6.07, 6.45) is -0.0148. The van der Waals surface area contributed by atoms with Gasteiger partial charge in [-0.25, -0.2) is 0 Å². The van der Waals surface area contributed by atoms with Gasteiger partial charge in [-0.2, -0.15) is 0 Å². The van der Waals surface area contributed by atoms with Crippen molar-refractivity contribution in [2.75, 3.05) is 5.32 Å². The maximum Gasteiger partial charge on any atom is 0.261 e. The summed E-state index contributed by atoms with van der Waals surface area (Å²) >= 11 is 5.26. The number of hydrogen-bond acceptors (Lipinski definition) is 3. The number of thiocarbonyl (C=S) groups is 1. The van der Waals surface area contributed by atoms with Crippen molar-refractivity contribution < 1.29 is 9.53 Å². The molecule has 0 aliphatic heterocycles. The summed E-state index contributed by atoms with van der Waals surface area (Å²) < 4.78 is 5.68. The van der Waals surface area contributed by atoms with Crippen molar-refractivity contribution in [3.63, 3.8) is 0 Å². The van der Waals surface area contributed by atoms with E-state index in [0.717, 1.165) is 16.8 Å². The molecule has 0 fully saturated rings. The molecular formula is C19H22N2O2S. The quantitative estimate of drug-likeness (QED) is 0.817. The van der Waals surface area contributed by atoms with Crippen molar-refractivity contribution in [2.45, 2.75) is 33.8 Å². The lowest BCUT2D eigenvalue weighted by atomic mass is 10.1. The Morgan fingerprint density at radius 2 is 1.79 bits per heavy atom. The highest BCUT2D eigenvalue weighted by molar-refractivity contribution is 7.80. The van der Waals surface area contributed by atoms with Gasteiger partial charge in [0, 0.05) is 5.69 Å². The molecule has 2 rings (SSSR count). The molecule has 4 nitrogen and oxygen atoms in total. The van der Waals surface area contributed by atoms with Gasteiger partial charge < -0.3 is 10.1 Å². The monoisotopic (exact) mass is 342 g/mol. The molecule has 0 saturated carbocycles. The van der Waals surface area contributed by atoms with E-state index in [0.29, 0.717) is 11.3 Å². The molecule has 0 aliphatic carbocycles. The molecule has 5 heteroatoms.